The zero-order valence-corrected chi connectivity index (χ0v) is 12.1. The number of nitrogens with zero attached hydrogens (tertiary/aromatic N) is 2. The second kappa shape index (κ2) is 7.97. The lowest BCUT2D eigenvalue weighted by molar-refractivity contribution is -0.122. The monoisotopic (exact) mass is 276 g/mol. The normalized spacial score (nSPS) is 17.1. The average molecular weight is 276 g/mol. The minimum absolute atomic E-state index is 0.155. The zero-order chi connectivity index (χ0) is 14.2. The number of hydrogen-bond acceptors (Lipinski definition) is 4. The van der Waals surface area contributed by atoms with E-state index in [1.54, 1.807) is 0 Å². The summed E-state index contributed by atoms with van der Waals surface area (Å²) in [5.74, 6) is 0.155. The maximum Gasteiger partial charge on any atom is 0.221 e. The fourth-order valence-electron chi connectivity index (χ4n) is 2.49. The van der Waals surface area contributed by atoms with Gasteiger partial charge in [-0.2, -0.15) is 0 Å². The molecule has 1 aromatic heterocycles. The van der Waals surface area contributed by atoms with Gasteiger partial charge in [0.25, 0.3) is 0 Å². The molecule has 0 saturated carbocycles. The third-order valence-electron chi connectivity index (χ3n) is 3.67. The van der Waals surface area contributed by atoms with Gasteiger partial charge in [-0.1, -0.05) is 6.07 Å². The molecule has 0 aliphatic carbocycles. The van der Waals surface area contributed by atoms with Crippen molar-refractivity contribution >= 4 is 5.91 Å². The van der Waals surface area contributed by atoms with Crippen molar-refractivity contribution in [3.8, 4) is 0 Å². The highest BCUT2D eigenvalue weighted by atomic mass is 16.1. The molecule has 0 unspecified atom stereocenters. The number of carbonyl (C=O) groups excluding carboxylic acids is 1. The third kappa shape index (κ3) is 4.90. The Morgan fingerprint density at radius 1 is 1.40 bits per heavy atom. The first kappa shape index (κ1) is 14.9. The van der Waals surface area contributed by atoms with Crippen LogP contribution in [0.4, 0.5) is 0 Å². The van der Waals surface area contributed by atoms with E-state index in [9.17, 15) is 4.79 Å². The van der Waals surface area contributed by atoms with Gasteiger partial charge >= 0.3 is 0 Å². The first-order valence-electron chi connectivity index (χ1n) is 7.34. The van der Waals surface area contributed by atoms with E-state index in [0.29, 0.717) is 12.5 Å². The number of carbonyl (C=O) groups is 1. The molecule has 1 aliphatic heterocycles. The molecule has 2 heterocycles. The molecular weight excluding hydrogens is 252 g/mol. The Kier molecular flexibility index (Phi) is 5.95. The largest absolute Gasteiger partial charge is 0.353 e. The van der Waals surface area contributed by atoms with Gasteiger partial charge in [0.2, 0.25) is 5.91 Å². The van der Waals surface area contributed by atoms with Crippen LogP contribution in [-0.4, -0.2) is 48.5 Å². The molecule has 1 amide bonds. The van der Waals surface area contributed by atoms with Crippen molar-refractivity contribution in [2.24, 2.45) is 0 Å². The smallest absolute Gasteiger partial charge is 0.221 e. The van der Waals surface area contributed by atoms with E-state index >= 15 is 0 Å². The molecule has 0 radical (unpaired) electrons. The summed E-state index contributed by atoms with van der Waals surface area (Å²) in [5, 5.41) is 6.11. The van der Waals surface area contributed by atoms with Gasteiger partial charge in [0, 0.05) is 44.8 Å². The molecule has 0 spiro atoms. The Morgan fingerprint density at radius 2 is 2.20 bits per heavy atom. The molecule has 5 heteroatoms. The summed E-state index contributed by atoms with van der Waals surface area (Å²) in [6, 6.07) is 6.36. The van der Waals surface area contributed by atoms with Crippen LogP contribution in [0.25, 0.3) is 0 Å². The second-order valence-electron chi connectivity index (χ2n) is 5.29. The van der Waals surface area contributed by atoms with Crippen molar-refractivity contribution in [3.63, 3.8) is 0 Å². The molecule has 0 atom stereocenters. The summed E-state index contributed by atoms with van der Waals surface area (Å²) in [4.78, 5) is 18.4. The highest BCUT2D eigenvalue weighted by molar-refractivity contribution is 5.76. The molecule has 1 saturated heterocycles. The van der Waals surface area contributed by atoms with E-state index in [2.05, 4.69) is 26.6 Å². The first-order valence-corrected chi connectivity index (χ1v) is 7.34. The fraction of sp³-hybridized carbons (Fsp3) is 0.600. The van der Waals surface area contributed by atoms with Gasteiger partial charge in [-0.15, -0.1) is 0 Å². The van der Waals surface area contributed by atoms with Crippen LogP contribution in [-0.2, 0) is 11.3 Å². The van der Waals surface area contributed by atoms with Gasteiger partial charge in [0.15, 0.2) is 0 Å². The standard InChI is InChI=1S/C15H24N4O/c1-16-9-5-15(20)18-13-6-10-19(11-7-13)12-14-4-2-3-8-17-14/h2-4,8,13,16H,5-7,9-12H2,1H3,(H,18,20). The van der Waals surface area contributed by atoms with Crippen LogP contribution in [0.15, 0.2) is 24.4 Å². The van der Waals surface area contributed by atoms with Crippen molar-refractivity contribution in [1.82, 2.24) is 20.5 Å². The van der Waals surface area contributed by atoms with E-state index in [-0.39, 0.29) is 5.91 Å². The topological polar surface area (TPSA) is 57.3 Å². The van der Waals surface area contributed by atoms with Crippen LogP contribution in [0.1, 0.15) is 25.0 Å². The Bertz CT molecular complexity index is 402. The highest BCUT2D eigenvalue weighted by Gasteiger charge is 2.20. The second-order valence-corrected chi connectivity index (χ2v) is 5.29. The van der Waals surface area contributed by atoms with Crippen molar-refractivity contribution in [1.29, 1.82) is 0 Å². The lowest BCUT2D eigenvalue weighted by Crippen LogP contribution is -2.44. The van der Waals surface area contributed by atoms with Crippen LogP contribution < -0.4 is 10.6 Å². The van der Waals surface area contributed by atoms with Crippen molar-refractivity contribution in [3.05, 3.63) is 30.1 Å². The van der Waals surface area contributed by atoms with E-state index < -0.39 is 0 Å². The van der Waals surface area contributed by atoms with Crippen LogP contribution in [0.3, 0.4) is 0 Å². The third-order valence-corrected chi connectivity index (χ3v) is 3.67. The predicted molar refractivity (Wildman–Crippen MR) is 79.2 cm³/mol. The maximum absolute atomic E-state index is 11.7. The van der Waals surface area contributed by atoms with E-state index in [4.69, 9.17) is 0 Å². The van der Waals surface area contributed by atoms with Crippen LogP contribution >= 0.6 is 0 Å². The summed E-state index contributed by atoms with van der Waals surface area (Å²) < 4.78 is 0. The molecule has 0 bridgehead atoms. The van der Waals surface area contributed by atoms with E-state index in [1.165, 1.54) is 0 Å². The number of nitrogens with one attached hydrogen (secondary N) is 2. The number of pyridine rings is 1. The van der Waals surface area contributed by atoms with Gasteiger partial charge in [-0.3, -0.25) is 14.7 Å². The molecule has 20 heavy (non-hydrogen) atoms. The van der Waals surface area contributed by atoms with Crippen molar-refractivity contribution in [2.75, 3.05) is 26.7 Å². The van der Waals surface area contributed by atoms with Crippen LogP contribution in [0.5, 0.6) is 0 Å². The van der Waals surface area contributed by atoms with Crippen molar-refractivity contribution < 1.29 is 4.79 Å². The van der Waals surface area contributed by atoms with Gasteiger partial charge in [0.05, 0.1) is 5.69 Å². The zero-order valence-electron chi connectivity index (χ0n) is 12.1. The molecule has 5 nitrogen and oxygen atoms in total. The van der Waals surface area contributed by atoms with Gasteiger partial charge < -0.3 is 10.6 Å². The van der Waals surface area contributed by atoms with Crippen LogP contribution in [0.2, 0.25) is 0 Å². The number of likely N-dealkylation sites (tertiary alicyclic amines) is 1. The molecule has 1 aromatic rings. The lowest BCUT2D eigenvalue weighted by atomic mass is 10.0. The molecule has 1 aliphatic rings. The Hall–Kier alpha value is -1.46. The Balaban J connectivity index is 1.68. The summed E-state index contributed by atoms with van der Waals surface area (Å²) in [7, 11) is 1.86. The summed E-state index contributed by atoms with van der Waals surface area (Å²) in [6.45, 7) is 3.69. The summed E-state index contributed by atoms with van der Waals surface area (Å²) in [6.07, 6.45) is 4.45. The summed E-state index contributed by atoms with van der Waals surface area (Å²) >= 11 is 0. The minimum atomic E-state index is 0.155. The number of rotatable bonds is 6. The first-order chi connectivity index (χ1) is 9.78. The Morgan fingerprint density at radius 3 is 2.85 bits per heavy atom. The lowest BCUT2D eigenvalue weighted by Gasteiger charge is -2.32. The number of hydrogen-bond donors (Lipinski definition) is 2. The van der Waals surface area contributed by atoms with Gasteiger partial charge in [-0.25, -0.2) is 0 Å². The fourth-order valence-corrected chi connectivity index (χ4v) is 2.49. The van der Waals surface area contributed by atoms with Gasteiger partial charge in [-0.05, 0) is 32.0 Å². The molecule has 110 valence electrons. The molecule has 1 fully saturated rings. The molecule has 0 aromatic carbocycles. The molecular formula is C15H24N4O. The van der Waals surface area contributed by atoms with Gasteiger partial charge in [0.1, 0.15) is 0 Å². The number of aromatic nitrogens is 1. The highest BCUT2D eigenvalue weighted by Crippen LogP contribution is 2.12. The minimum Gasteiger partial charge on any atom is -0.353 e. The predicted octanol–water partition coefficient (Wildman–Crippen LogP) is 0.772. The SMILES string of the molecule is CNCCC(=O)NC1CCN(Cc2ccccn2)CC1. The van der Waals surface area contributed by atoms with E-state index in [1.807, 2.05) is 25.4 Å². The molecule has 2 rings (SSSR count). The van der Waals surface area contributed by atoms with Crippen molar-refractivity contribution in [2.45, 2.75) is 31.8 Å². The maximum atomic E-state index is 11.7. The number of piperidine rings is 1. The number of amides is 1. The summed E-state index contributed by atoms with van der Waals surface area (Å²) in [5.41, 5.74) is 1.11. The quantitative estimate of drug-likeness (QED) is 0.806. The average Bonchev–Trinajstić information content (AvgIpc) is 2.48. The molecule has 2 N–H and O–H groups in total. The van der Waals surface area contributed by atoms with Crippen LogP contribution in [0, 0.1) is 0 Å². The Labute approximate surface area is 120 Å². The van der Waals surface area contributed by atoms with E-state index in [0.717, 1.165) is 44.7 Å².